The monoisotopic (exact) mass is 329 g/mol. The summed E-state index contributed by atoms with van der Waals surface area (Å²) >= 11 is 5.93. The molecule has 0 aliphatic carbocycles. The molecule has 2 aromatic carbocycles. The Morgan fingerprint density at radius 2 is 1.91 bits per heavy atom. The topological polar surface area (TPSA) is 60.2 Å². The Morgan fingerprint density at radius 1 is 1.04 bits per heavy atom. The minimum absolute atomic E-state index is 0.353. The maximum absolute atomic E-state index is 5.93. The highest BCUT2D eigenvalue weighted by Crippen LogP contribution is 2.19. The molecule has 5 nitrogen and oxygen atoms in total. The molecular weight excluding hydrogens is 314 g/mol. The van der Waals surface area contributed by atoms with Crippen LogP contribution in [0.15, 0.2) is 59.0 Å². The average Bonchev–Trinajstić information content (AvgIpc) is 3.00. The van der Waals surface area contributed by atoms with Gasteiger partial charge in [0.05, 0.1) is 6.61 Å². The van der Waals surface area contributed by atoms with Crippen molar-refractivity contribution in [1.29, 1.82) is 0 Å². The molecule has 23 heavy (non-hydrogen) atoms. The van der Waals surface area contributed by atoms with Crippen LogP contribution in [0.2, 0.25) is 5.02 Å². The number of hydrogen-bond acceptors (Lipinski definition) is 5. The van der Waals surface area contributed by atoms with Crippen LogP contribution in [0.3, 0.4) is 0 Å². The zero-order chi connectivity index (χ0) is 15.9. The third-order valence-electron chi connectivity index (χ3n) is 3.09. The largest absolute Gasteiger partial charge is 0.494 e. The normalized spacial score (nSPS) is 10.5. The molecule has 0 amide bonds. The van der Waals surface area contributed by atoms with Crippen LogP contribution in [-0.2, 0) is 6.42 Å². The molecule has 3 aromatic rings. The lowest BCUT2D eigenvalue weighted by atomic mass is 10.3. The molecule has 0 aliphatic rings. The number of nitrogens with zero attached hydrogens (tertiary/aromatic N) is 2. The molecule has 0 saturated heterocycles. The van der Waals surface area contributed by atoms with Gasteiger partial charge in [0.25, 0.3) is 0 Å². The van der Waals surface area contributed by atoms with E-state index in [9.17, 15) is 0 Å². The summed E-state index contributed by atoms with van der Waals surface area (Å²) in [4.78, 5) is 0. The molecule has 6 heteroatoms. The van der Waals surface area contributed by atoms with Crippen LogP contribution in [-0.4, -0.2) is 16.8 Å². The van der Waals surface area contributed by atoms with Gasteiger partial charge in [-0.15, -0.1) is 5.10 Å². The fourth-order valence-electron chi connectivity index (χ4n) is 2.02. The smallest absolute Gasteiger partial charge is 0.320 e. The van der Waals surface area contributed by atoms with Crippen molar-refractivity contribution in [2.24, 2.45) is 0 Å². The second-order valence-corrected chi connectivity index (χ2v) is 5.34. The Labute approximate surface area is 139 Å². The lowest BCUT2D eigenvalue weighted by Crippen LogP contribution is -1.99. The maximum Gasteiger partial charge on any atom is 0.320 e. The van der Waals surface area contributed by atoms with E-state index in [0.29, 0.717) is 30.0 Å². The van der Waals surface area contributed by atoms with Gasteiger partial charge in [-0.25, -0.2) is 0 Å². The summed E-state index contributed by atoms with van der Waals surface area (Å²) in [6, 6.07) is 17.4. The summed E-state index contributed by atoms with van der Waals surface area (Å²) in [5.74, 6) is 1.44. The maximum atomic E-state index is 5.93. The summed E-state index contributed by atoms with van der Waals surface area (Å²) in [6.45, 7) is 0.601. The highest BCUT2D eigenvalue weighted by Gasteiger charge is 2.06. The molecule has 0 unspecified atom stereocenters. The zero-order valence-electron chi connectivity index (χ0n) is 12.4. The number of anilines is 2. The van der Waals surface area contributed by atoms with E-state index < -0.39 is 0 Å². The molecule has 0 fully saturated rings. The van der Waals surface area contributed by atoms with Gasteiger partial charge in [0.15, 0.2) is 0 Å². The molecule has 0 spiro atoms. The summed E-state index contributed by atoms with van der Waals surface area (Å²) in [5, 5.41) is 11.6. The van der Waals surface area contributed by atoms with Crippen LogP contribution in [0.1, 0.15) is 12.3 Å². The van der Waals surface area contributed by atoms with Gasteiger partial charge in [-0.3, -0.25) is 0 Å². The van der Waals surface area contributed by atoms with E-state index >= 15 is 0 Å². The minimum atomic E-state index is 0.353. The Balaban J connectivity index is 1.46. The third-order valence-corrected chi connectivity index (χ3v) is 3.32. The number of para-hydroxylation sites is 1. The van der Waals surface area contributed by atoms with Crippen molar-refractivity contribution < 1.29 is 9.15 Å². The summed E-state index contributed by atoms with van der Waals surface area (Å²) < 4.78 is 11.2. The van der Waals surface area contributed by atoms with Crippen molar-refractivity contribution in [2.45, 2.75) is 12.8 Å². The summed E-state index contributed by atoms with van der Waals surface area (Å²) in [6.07, 6.45) is 1.46. The van der Waals surface area contributed by atoms with Crippen molar-refractivity contribution in [3.05, 3.63) is 65.5 Å². The van der Waals surface area contributed by atoms with Gasteiger partial charge in [0, 0.05) is 17.1 Å². The molecule has 0 radical (unpaired) electrons. The molecule has 0 bridgehead atoms. The Kier molecular flexibility index (Phi) is 5.11. The fraction of sp³-hybridized carbons (Fsp3) is 0.176. The number of benzene rings is 2. The van der Waals surface area contributed by atoms with Crippen molar-refractivity contribution in [3.8, 4) is 5.75 Å². The molecule has 1 heterocycles. The summed E-state index contributed by atoms with van der Waals surface area (Å²) in [5.41, 5.74) is 0.806. The minimum Gasteiger partial charge on any atom is -0.494 e. The standard InChI is InChI=1S/C17H16ClN3O2/c18-13-6-4-7-14(12-13)19-17-21-20-16(23-17)10-5-11-22-15-8-2-1-3-9-15/h1-4,6-9,12H,5,10-11H2,(H,19,21). The van der Waals surface area contributed by atoms with Gasteiger partial charge >= 0.3 is 6.01 Å². The molecule has 118 valence electrons. The van der Waals surface area contributed by atoms with Crippen molar-refractivity contribution >= 4 is 23.3 Å². The van der Waals surface area contributed by atoms with E-state index in [4.69, 9.17) is 20.8 Å². The highest BCUT2D eigenvalue weighted by molar-refractivity contribution is 6.30. The predicted octanol–water partition coefficient (Wildman–Crippen LogP) is 4.48. The Bertz CT molecular complexity index is 746. The van der Waals surface area contributed by atoms with Gasteiger partial charge in [-0.2, -0.15) is 0 Å². The third kappa shape index (κ3) is 4.72. The van der Waals surface area contributed by atoms with Crippen LogP contribution in [0.25, 0.3) is 0 Å². The first-order valence-electron chi connectivity index (χ1n) is 7.32. The first-order chi connectivity index (χ1) is 11.3. The van der Waals surface area contributed by atoms with Crippen LogP contribution in [0.5, 0.6) is 5.75 Å². The number of aryl methyl sites for hydroxylation is 1. The molecule has 0 atom stereocenters. The number of ether oxygens (including phenoxy) is 1. The van der Waals surface area contributed by atoms with Gasteiger partial charge in [0.2, 0.25) is 5.89 Å². The highest BCUT2D eigenvalue weighted by atomic mass is 35.5. The van der Waals surface area contributed by atoms with Crippen molar-refractivity contribution in [3.63, 3.8) is 0 Å². The molecule has 0 aliphatic heterocycles. The Morgan fingerprint density at radius 3 is 2.74 bits per heavy atom. The molecule has 1 aromatic heterocycles. The molecule has 3 rings (SSSR count). The second kappa shape index (κ2) is 7.65. The molecule has 1 N–H and O–H groups in total. The number of hydrogen-bond donors (Lipinski definition) is 1. The van der Waals surface area contributed by atoms with E-state index in [1.165, 1.54) is 0 Å². The van der Waals surface area contributed by atoms with Gasteiger partial charge in [0.1, 0.15) is 5.75 Å². The van der Waals surface area contributed by atoms with E-state index in [0.717, 1.165) is 17.9 Å². The van der Waals surface area contributed by atoms with E-state index in [1.54, 1.807) is 12.1 Å². The lowest BCUT2D eigenvalue weighted by molar-refractivity contribution is 0.305. The van der Waals surface area contributed by atoms with E-state index in [-0.39, 0.29) is 0 Å². The Hall–Kier alpha value is -2.53. The second-order valence-electron chi connectivity index (χ2n) is 4.90. The van der Waals surface area contributed by atoms with E-state index in [1.807, 2.05) is 42.5 Å². The van der Waals surface area contributed by atoms with Crippen molar-refractivity contribution in [2.75, 3.05) is 11.9 Å². The van der Waals surface area contributed by atoms with E-state index in [2.05, 4.69) is 15.5 Å². The van der Waals surface area contributed by atoms with Crippen LogP contribution in [0, 0.1) is 0 Å². The number of halogens is 1. The number of rotatable bonds is 7. The van der Waals surface area contributed by atoms with Gasteiger partial charge in [-0.05, 0) is 36.8 Å². The molecular formula is C17H16ClN3O2. The zero-order valence-corrected chi connectivity index (χ0v) is 13.2. The van der Waals surface area contributed by atoms with Crippen LogP contribution >= 0.6 is 11.6 Å². The van der Waals surface area contributed by atoms with Crippen LogP contribution in [0.4, 0.5) is 11.7 Å². The number of nitrogens with one attached hydrogen (secondary N) is 1. The molecule has 0 saturated carbocycles. The van der Waals surface area contributed by atoms with Crippen molar-refractivity contribution in [1.82, 2.24) is 10.2 Å². The average molecular weight is 330 g/mol. The van der Waals surface area contributed by atoms with Gasteiger partial charge in [-0.1, -0.05) is 41.0 Å². The van der Waals surface area contributed by atoms with Crippen LogP contribution < -0.4 is 10.1 Å². The quantitative estimate of drug-likeness (QED) is 0.648. The predicted molar refractivity (Wildman–Crippen MR) is 89.3 cm³/mol. The SMILES string of the molecule is Clc1cccc(Nc2nnc(CCCOc3ccccc3)o2)c1. The lowest BCUT2D eigenvalue weighted by Gasteiger charge is -2.04. The number of aromatic nitrogens is 2. The summed E-state index contributed by atoms with van der Waals surface area (Å²) in [7, 11) is 0. The van der Waals surface area contributed by atoms with Gasteiger partial charge < -0.3 is 14.5 Å². The fourth-order valence-corrected chi connectivity index (χ4v) is 2.22. The first kappa shape index (κ1) is 15.4. The first-order valence-corrected chi connectivity index (χ1v) is 7.70.